The molecule has 1 aromatic rings. The maximum atomic E-state index is 12.5. The first-order valence-electron chi connectivity index (χ1n) is 7.01. The largest absolute Gasteiger partial charge is 0.360 e. The van der Waals surface area contributed by atoms with Crippen molar-refractivity contribution >= 4 is 15.9 Å². The molecule has 1 N–H and O–H groups in total. The molecule has 1 aliphatic carbocycles. The van der Waals surface area contributed by atoms with Gasteiger partial charge in [-0.2, -0.15) is 4.31 Å². The molecule has 0 aromatic carbocycles. The summed E-state index contributed by atoms with van der Waals surface area (Å²) < 4.78 is 30.8. The predicted octanol–water partition coefficient (Wildman–Crippen LogP) is 0.971. The molecule has 1 aliphatic rings. The van der Waals surface area contributed by atoms with Crippen LogP contribution in [0.4, 0.5) is 0 Å². The summed E-state index contributed by atoms with van der Waals surface area (Å²) in [5, 5.41) is 6.52. The predicted molar refractivity (Wildman–Crippen MR) is 76.2 cm³/mol. The van der Waals surface area contributed by atoms with Crippen LogP contribution in [-0.2, 0) is 14.8 Å². The van der Waals surface area contributed by atoms with Crippen LogP contribution in [0.3, 0.4) is 0 Å². The van der Waals surface area contributed by atoms with Gasteiger partial charge in [-0.25, -0.2) is 8.42 Å². The Morgan fingerprint density at radius 2 is 2.00 bits per heavy atom. The van der Waals surface area contributed by atoms with Crippen LogP contribution in [-0.4, -0.2) is 43.4 Å². The Bertz CT molecular complexity index is 598. The van der Waals surface area contributed by atoms with E-state index in [-0.39, 0.29) is 29.1 Å². The molecule has 0 bridgehead atoms. The van der Waals surface area contributed by atoms with Gasteiger partial charge in [0.2, 0.25) is 15.9 Å². The number of hydrogen-bond donors (Lipinski definition) is 1. The summed E-state index contributed by atoms with van der Waals surface area (Å²) in [5.41, 5.74) is 0.301. The fraction of sp³-hybridized carbons (Fsp3) is 0.692. The second kappa shape index (κ2) is 6.15. The van der Waals surface area contributed by atoms with Crippen LogP contribution >= 0.6 is 0 Å². The van der Waals surface area contributed by atoms with Gasteiger partial charge in [0.25, 0.3) is 0 Å². The standard InChI is InChI=1S/C13H21N3O4S/c1-9-13(10(2)20-15-9)21(18,19)16(3)8-12(17)14-11-6-4-5-7-11/h11H,4-8H2,1-3H3,(H,14,17). The molecule has 1 heterocycles. The summed E-state index contributed by atoms with van der Waals surface area (Å²) in [5.74, 6) is -0.0460. The number of amides is 1. The number of sulfonamides is 1. The van der Waals surface area contributed by atoms with Crippen LogP contribution in [0, 0.1) is 13.8 Å². The van der Waals surface area contributed by atoms with Gasteiger partial charge in [-0.3, -0.25) is 4.79 Å². The maximum absolute atomic E-state index is 12.5. The van der Waals surface area contributed by atoms with Crippen LogP contribution in [0.15, 0.2) is 9.42 Å². The van der Waals surface area contributed by atoms with Crippen molar-refractivity contribution in [3.8, 4) is 0 Å². The number of aryl methyl sites for hydroxylation is 2. The molecule has 0 atom stereocenters. The van der Waals surface area contributed by atoms with E-state index in [0.29, 0.717) is 5.69 Å². The summed E-state index contributed by atoms with van der Waals surface area (Å²) >= 11 is 0. The number of aromatic nitrogens is 1. The Hall–Kier alpha value is -1.41. The quantitative estimate of drug-likeness (QED) is 0.874. The van der Waals surface area contributed by atoms with Gasteiger partial charge in [-0.1, -0.05) is 18.0 Å². The highest BCUT2D eigenvalue weighted by molar-refractivity contribution is 7.89. The van der Waals surface area contributed by atoms with E-state index < -0.39 is 10.0 Å². The van der Waals surface area contributed by atoms with Crippen molar-refractivity contribution in [1.29, 1.82) is 0 Å². The van der Waals surface area contributed by atoms with Gasteiger partial charge in [0.05, 0.1) is 6.54 Å². The number of carbonyl (C=O) groups excluding carboxylic acids is 1. The van der Waals surface area contributed by atoms with Gasteiger partial charge in [-0.15, -0.1) is 0 Å². The SMILES string of the molecule is Cc1noc(C)c1S(=O)(=O)N(C)CC(=O)NC1CCCC1. The lowest BCUT2D eigenvalue weighted by Gasteiger charge is -2.18. The minimum atomic E-state index is -3.77. The normalized spacial score (nSPS) is 16.6. The first-order valence-corrected chi connectivity index (χ1v) is 8.45. The molecule has 2 rings (SSSR count). The van der Waals surface area contributed by atoms with E-state index >= 15 is 0 Å². The van der Waals surface area contributed by atoms with Crippen molar-refractivity contribution in [3.63, 3.8) is 0 Å². The average Bonchev–Trinajstić information content (AvgIpc) is 2.99. The molecular formula is C13H21N3O4S. The van der Waals surface area contributed by atoms with Gasteiger partial charge in [-0.05, 0) is 26.7 Å². The van der Waals surface area contributed by atoms with E-state index in [1.54, 1.807) is 13.8 Å². The molecule has 21 heavy (non-hydrogen) atoms. The summed E-state index contributed by atoms with van der Waals surface area (Å²) in [6, 6.07) is 0.174. The Kier molecular flexibility index (Phi) is 4.67. The fourth-order valence-electron chi connectivity index (χ4n) is 2.63. The third-order valence-electron chi connectivity index (χ3n) is 3.72. The molecule has 0 spiro atoms. The molecule has 1 aromatic heterocycles. The van der Waals surface area contributed by atoms with Crippen LogP contribution in [0.25, 0.3) is 0 Å². The van der Waals surface area contributed by atoms with Crippen LogP contribution < -0.4 is 5.32 Å². The van der Waals surface area contributed by atoms with Gasteiger partial charge in [0.1, 0.15) is 10.6 Å². The zero-order valence-electron chi connectivity index (χ0n) is 12.5. The van der Waals surface area contributed by atoms with Gasteiger partial charge < -0.3 is 9.84 Å². The van der Waals surface area contributed by atoms with Gasteiger partial charge in [0.15, 0.2) is 5.76 Å². The highest BCUT2D eigenvalue weighted by atomic mass is 32.2. The molecule has 118 valence electrons. The molecular weight excluding hydrogens is 294 g/mol. The fourth-order valence-corrected chi connectivity index (χ4v) is 4.04. The molecule has 8 heteroatoms. The number of rotatable bonds is 5. The molecule has 0 saturated heterocycles. The Morgan fingerprint density at radius 3 is 2.52 bits per heavy atom. The zero-order valence-corrected chi connectivity index (χ0v) is 13.4. The van der Waals surface area contributed by atoms with Crippen LogP contribution in [0.2, 0.25) is 0 Å². The van der Waals surface area contributed by atoms with Gasteiger partial charge >= 0.3 is 0 Å². The van der Waals surface area contributed by atoms with E-state index in [4.69, 9.17) is 4.52 Å². The summed E-state index contributed by atoms with van der Waals surface area (Å²) in [7, 11) is -2.39. The van der Waals surface area contributed by atoms with Crippen molar-refractivity contribution in [2.75, 3.05) is 13.6 Å². The topological polar surface area (TPSA) is 92.5 Å². The van der Waals surface area contributed by atoms with Crippen LogP contribution in [0.1, 0.15) is 37.1 Å². The van der Waals surface area contributed by atoms with Gasteiger partial charge in [0, 0.05) is 13.1 Å². The minimum Gasteiger partial charge on any atom is -0.360 e. The van der Waals surface area contributed by atoms with E-state index in [1.165, 1.54) is 7.05 Å². The lowest BCUT2D eigenvalue weighted by atomic mass is 10.2. The number of likely N-dealkylation sites (N-methyl/N-ethyl adjacent to an activating group) is 1. The summed E-state index contributed by atoms with van der Waals surface area (Å²) in [4.78, 5) is 12.0. The first-order chi connectivity index (χ1) is 9.82. The number of nitrogens with one attached hydrogen (secondary N) is 1. The molecule has 7 nitrogen and oxygen atoms in total. The maximum Gasteiger partial charge on any atom is 0.248 e. The first kappa shape index (κ1) is 16.0. The van der Waals surface area contributed by atoms with Crippen LogP contribution in [0.5, 0.6) is 0 Å². The Morgan fingerprint density at radius 1 is 1.38 bits per heavy atom. The molecule has 0 aliphatic heterocycles. The van der Waals surface area contributed by atoms with Crippen molar-refractivity contribution in [2.45, 2.75) is 50.5 Å². The Labute approximate surface area is 124 Å². The van der Waals surface area contributed by atoms with E-state index in [0.717, 1.165) is 30.0 Å². The summed E-state index contributed by atoms with van der Waals surface area (Å²) in [6.45, 7) is 2.90. The van der Waals surface area contributed by atoms with Crippen molar-refractivity contribution in [2.24, 2.45) is 0 Å². The summed E-state index contributed by atoms with van der Waals surface area (Å²) in [6.07, 6.45) is 4.15. The molecule has 0 radical (unpaired) electrons. The lowest BCUT2D eigenvalue weighted by Crippen LogP contribution is -2.42. The second-order valence-electron chi connectivity index (χ2n) is 5.46. The number of nitrogens with zero attached hydrogens (tertiary/aromatic N) is 2. The van der Waals surface area contributed by atoms with E-state index in [2.05, 4.69) is 10.5 Å². The third-order valence-corrected chi connectivity index (χ3v) is 5.77. The molecule has 1 fully saturated rings. The third kappa shape index (κ3) is 3.44. The monoisotopic (exact) mass is 315 g/mol. The molecule has 0 unspecified atom stereocenters. The zero-order chi connectivity index (χ0) is 15.6. The Balaban J connectivity index is 2.05. The van der Waals surface area contributed by atoms with Crippen molar-refractivity contribution in [1.82, 2.24) is 14.8 Å². The van der Waals surface area contributed by atoms with Crippen molar-refractivity contribution < 1.29 is 17.7 Å². The molecule has 1 saturated carbocycles. The highest BCUT2D eigenvalue weighted by Gasteiger charge is 2.30. The lowest BCUT2D eigenvalue weighted by molar-refractivity contribution is -0.121. The number of carbonyl (C=O) groups is 1. The number of hydrogen-bond acceptors (Lipinski definition) is 5. The van der Waals surface area contributed by atoms with Crippen molar-refractivity contribution in [3.05, 3.63) is 11.5 Å². The average molecular weight is 315 g/mol. The molecule has 1 amide bonds. The second-order valence-corrected chi connectivity index (χ2v) is 7.44. The minimum absolute atomic E-state index is 0.0404. The highest BCUT2D eigenvalue weighted by Crippen LogP contribution is 2.22. The van der Waals surface area contributed by atoms with E-state index in [1.807, 2.05) is 0 Å². The van der Waals surface area contributed by atoms with E-state index in [9.17, 15) is 13.2 Å². The smallest absolute Gasteiger partial charge is 0.248 e.